The van der Waals surface area contributed by atoms with Crippen molar-refractivity contribution >= 4 is 17.5 Å². The van der Waals surface area contributed by atoms with E-state index < -0.39 is 53.3 Å². The maximum Gasteiger partial charge on any atom is 0.416 e. The first-order chi connectivity index (χ1) is 24.9. The second kappa shape index (κ2) is 16.0. The largest absolute Gasteiger partial charge is 0.486 e. The number of rotatable bonds is 10. The molecule has 5 rings (SSSR count). The van der Waals surface area contributed by atoms with Gasteiger partial charge in [0.2, 0.25) is 5.91 Å². The number of para-hydroxylation sites is 1. The van der Waals surface area contributed by atoms with Crippen LogP contribution in [0.1, 0.15) is 46.5 Å². The minimum atomic E-state index is -4.66. The number of halogens is 7. The van der Waals surface area contributed by atoms with Crippen molar-refractivity contribution in [1.29, 1.82) is 0 Å². The van der Waals surface area contributed by atoms with E-state index in [9.17, 15) is 45.4 Å². The molecule has 3 atom stereocenters. The van der Waals surface area contributed by atoms with Crippen molar-refractivity contribution in [1.82, 2.24) is 9.80 Å². The van der Waals surface area contributed by atoms with Crippen LogP contribution in [0.2, 0.25) is 0 Å². The van der Waals surface area contributed by atoms with E-state index in [1.54, 1.807) is 54.3 Å². The monoisotopic (exact) mass is 745 g/mol. The number of likely N-dealkylation sites (N-methyl/N-ethyl adjacent to an activating group) is 1. The number of hydrogen-bond donors (Lipinski definition) is 2. The highest BCUT2D eigenvalue weighted by Gasteiger charge is 2.35. The Morgan fingerprint density at radius 1 is 0.925 bits per heavy atom. The standard InChI is InChI=1S/C39H38F7N3O4/c1-23-19-49(24(2)22-50)37(52)31-5-4-6-33(47-35(51)17-25-9-13-28(14-10-25)38(41,42)43)36(31)53-34(23)21-48(3)20-26-7-11-27(12-8-26)30-16-15-29(18-32(30)40)39(44,45)46/h4-16,18,23-24,34,50H,17,19-22H2,1-3H3,(H,47,51)/t23-,24+,34-/m1/s1. The summed E-state index contributed by atoms with van der Waals surface area (Å²) in [5.74, 6) is -2.11. The second-order valence-electron chi connectivity index (χ2n) is 13.3. The van der Waals surface area contributed by atoms with Gasteiger partial charge < -0.3 is 20.1 Å². The lowest BCUT2D eigenvalue weighted by Gasteiger charge is -2.38. The Morgan fingerprint density at radius 2 is 1.55 bits per heavy atom. The first kappa shape index (κ1) is 39.3. The van der Waals surface area contributed by atoms with Crippen molar-refractivity contribution in [2.45, 2.75) is 51.3 Å². The van der Waals surface area contributed by atoms with Gasteiger partial charge in [-0.05, 0) is 67.1 Å². The Morgan fingerprint density at radius 3 is 2.15 bits per heavy atom. The van der Waals surface area contributed by atoms with E-state index >= 15 is 0 Å². The lowest BCUT2D eigenvalue weighted by molar-refractivity contribution is -0.138. The molecule has 2 N–H and O–H groups in total. The van der Waals surface area contributed by atoms with E-state index in [2.05, 4.69) is 5.32 Å². The van der Waals surface area contributed by atoms with Crippen LogP contribution < -0.4 is 10.1 Å². The van der Waals surface area contributed by atoms with Crippen molar-refractivity contribution in [3.63, 3.8) is 0 Å². The van der Waals surface area contributed by atoms with Crippen LogP contribution >= 0.6 is 0 Å². The SMILES string of the molecule is C[C@@H]1CN([C@@H](C)CO)C(=O)c2cccc(NC(=O)Cc3ccc(C(F)(F)F)cc3)c2O[C@@H]1CN(C)Cc1ccc(-c2ccc(C(F)(F)F)cc2F)cc1. The van der Waals surface area contributed by atoms with Gasteiger partial charge in [0, 0.05) is 31.1 Å². The molecule has 0 radical (unpaired) electrons. The van der Waals surface area contributed by atoms with Crippen molar-refractivity contribution in [2.24, 2.45) is 5.92 Å². The van der Waals surface area contributed by atoms with Gasteiger partial charge in [0.25, 0.3) is 5.91 Å². The molecule has 0 aromatic heterocycles. The van der Waals surface area contributed by atoms with Crippen LogP contribution in [0.4, 0.5) is 36.4 Å². The Hall–Kier alpha value is -4.95. The first-order valence-electron chi connectivity index (χ1n) is 16.8. The van der Waals surface area contributed by atoms with Gasteiger partial charge in [-0.3, -0.25) is 14.5 Å². The molecule has 282 valence electrons. The van der Waals surface area contributed by atoms with E-state index in [1.165, 1.54) is 12.1 Å². The number of anilines is 1. The van der Waals surface area contributed by atoms with E-state index in [-0.39, 0.29) is 48.1 Å². The van der Waals surface area contributed by atoms with Crippen LogP contribution in [0.25, 0.3) is 11.1 Å². The molecule has 53 heavy (non-hydrogen) atoms. The number of ether oxygens (including phenoxy) is 1. The summed E-state index contributed by atoms with van der Waals surface area (Å²) in [6.07, 6.45) is -9.96. The zero-order valence-electron chi connectivity index (χ0n) is 29.1. The zero-order chi connectivity index (χ0) is 38.7. The van der Waals surface area contributed by atoms with Crippen molar-refractivity contribution in [3.05, 3.63) is 119 Å². The summed E-state index contributed by atoms with van der Waals surface area (Å²) in [6, 6.07) is 17.5. The minimum Gasteiger partial charge on any atom is -0.486 e. The Labute approximate surface area is 302 Å². The molecule has 0 bridgehead atoms. The quantitative estimate of drug-likeness (QED) is 0.161. The molecule has 4 aromatic carbocycles. The van der Waals surface area contributed by atoms with Gasteiger partial charge in [0.1, 0.15) is 11.9 Å². The number of nitrogens with one attached hydrogen (secondary N) is 1. The maximum atomic E-state index is 14.6. The fraction of sp³-hybridized carbons (Fsp3) is 0.333. The summed E-state index contributed by atoms with van der Waals surface area (Å²) in [6.45, 7) is 4.29. The number of aliphatic hydroxyl groups is 1. The molecule has 1 aliphatic heterocycles. The maximum absolute atomic E-state index is 14.6. The third-order valence-corrected chi connectivity index (χ3v) is 9.12. The molecule has 4 aromatic rings. The number of carbonyl (C=O) groups is 2. The van der Waals surface area contributed by atoms with E-state index in [1.807, 2.05) is 18.9 Å². The van der Waals surface area contributed by atoms with Gasteiger partial charge in [-0.2, -0.15) is 26.3 Å². The molecule has 0 unspecified atom stereocenters. The molecule has 2 amide bonds. The molecule has 0 fully saturated rings. The van der Waals surface area contributed by atoms with Gasteiger partial charge in [-0.25, -0.2) is 4.39 Å². The van der Waals surface area contributed by atoms with Crippen LogP contribution in [-0.4, -0.2) is 65.6 Å². The van der Waals surface area contributed by atoms with Gasteiger partial charge in [0.05, 0.1) is 41.4 Å². The van der Waals surface area contributed by atoms with Crippen LogP contribution in [0.15, 0.2) is 84.9 Å². The first-order valence-corrected chi connectivity index (χ1v) is 16.8. The lowest BCUT2D eigenvalue weighted by atomic mass is 9.98. The minimum absolute atomic E-state index is 0.0341. The number of amides is 2. The van der Waals surface area contributed by atoms with Crippen LogP contribution in [0.5, 0.6) is 5.75 Å². The van der Waals surface area contributed by atoms with E-state index in [0.29, 0.717) is 30.3 Å². The average Bonchev–Trinajstić information content (AvgIpc) is 3.09. The average molecular weight is 746 g/mol. The van der Waals surface area contributed by atoms with Crippen LogP contribution in [-0.2, 0) is 30.1 Å². The van der Waals surface area contributed by atoms with Crippen molar-refractivity contribution < 1.29 is 50.2 Å². The fourth-order valence-corrected chi connectivity index (χ4v) is 6.15. The molecule has 7 nitrogen and oxygen atoms in total. The van der Waals surface area contributed by atoms with Crippen molar-refractivity contribution in [2.75, 3.05) is 32.1 Å². The summed E-state index contributed by atoms with van der Waals surface area (Å²) in [5.41, 5.74) is 0.0510. The Balaban J connectivity index is 1.35. The predicted octanol–water partition coefficient (Wildman–Crippen LogP) is 8.06. The van der Waals surface area contributed by atoms with E-state index in [0.717, 1.165) is 29.8 Å². The van der Waals surface area contributed by atoms with Gasteiger partial charge >= 0.3 is 12.4 Å². The number of hydrogen-bond acceptors (Lipinski definition) is 5. The van der Waals surface area contributed by atoms with E-state index in [4.69, 9.17) is 4.74 Å². The summed E-state index contributed by atoms with van der Waals surface area (Å²) in [5, 5.41) is 12.7. The number of carbonyl (C=O) groups excluding carboxylic acids is 2. The Kier molecular flexibility index (Phi) is 11.8. The highest BCUT2D eigenvalue weighted by molar-refractivity contribution is 6.02. The number of alkyl halides is 6. The third kappa shape index (κ3) is 9.54. The number of benzene rings is 4. The number of aliphatic hydroxyl groups excluding tert-OH is 1. The van der Waals surface area contributed by atoms with Gasteiger partial charge in [-0.1, -0.05) is 55.5 Å². The van der Waals surface area contributed by atoms with Crippen LogP contribution in [0.3, 0.4) is 0 Å². The topological polar surface area (TPSA) is 82.1 Å². The highest BCUT2D eigenvalue weighted by Crippen LogP contribution is 2.36. The zero-order valence-corrected chi connectivity index (χ0v) is 29.1. The second-order valence-corrected chi connectivity index (χ2v) is 13.3. The molecule has 0 saturated carbocycles. The summed E-state index contributed by atoms with van der Waals surface area (Å²) < 4.78 is 99.2. The van der Waals surface area contributed by atoms with Gasteiger partial charge in [0.15, 0.2) is 5.75 Å². The highest BCUT2D eigenvalue weighted by atomic mass is 19.4. The van der Waals surface area contributed by atoms with Crippen molar-refractivity contribution in [3.8, 4) is 16.9 Å². The molecule has 0 spiro atoms. The number of nitrogens with zero attached hydrogens (tertiary/aromatic N) is 2. The molecular weight excluding hydrogens is 707 g/mol. The summed E-state index contributed by atoms with van der Waals surface area (Å²) in [4.78, 5) is 30.4. The molecule has 1 aliphatic rings. The summed E-state index contributed by atoms with van der Waals surface area (Å²) in [7, 11) is 1.84. The molecule has 14 heteroatoms. The molecule has 0 aliphatic carbocycles. The van der Waals surface area contributed by atoms with Gasteiger partial charge in [-0.15, -0.1) is 0 Å². The normalized spacial score (nSPS) is 17.1. The summed E-state index contributed by atoms with van der Waals surface area (Å²) >= 11 is 0. The smallest absolute Gasteiger partial charge is 0.416 e. The molecule has 1 heterocycles. The predicted molar refractivity (Wildman–Crippen MR) is 185 cm³/mol. The lowest BCUT2D eigenvalue weighted by Crippen LogP contribution is -2.49. The third-order valence-electron chi connectivity index (χ3n) is 9.12. The molecule has 0 saturated heterocycles. The Bertz CT molecular complexity index is 1910. The molecular formula is C39H38F7N3O4. The fourth-order valence-electron chi connectivity index (χ4n) is 6.15. The number of fused-ring (bicyclic) bond motifs is 1. The van der Waals surface area contributed by atoms with Crippen LogP contribution in [0, 0.1) is 11.7 Å².